The summed E-state index contributed by atoms with van der Waals surface area (Å²) in [6, 6.07) is 20.7. The largest absolute Gasteiger partial charge is 0.495 e. The molecule has 0 fully saturated rings. The standard InChI is InChI=1S/C25H26N2O4S/c1-18(2)21-8-4-5-9-22(21)26-25(28)17-14-19-12-15-20(16-13-19)32(29,30)27-23-10-6-7-11-24(23)31-3/h4-18,27H,1-3H3,(H,26,28)/b17-14+. The number of benzene rings is 3. The summed E-state index contributed by atoms with van der Waals surface area (Å²) in [6.07, 6.45) is 3.06. The summed E-state index contributed by atoms with van der Waals surface area (Å²) in [5.74, 6) is 0.461. The van der Waals surface area contributed by atoms with Gasteiger partial charge in [-0.25, -0.2) is 8.42 Å². The second-order valence-electron chi connectivity index (χ2n) is 7.44. The molecule has 0 unspecified atom stereocenters. The van der Waals surface area contributed by atoms with Gasteiger partial charge in [-0.05, 0) is 53.5 Å². The number of ether oxygens (including phenoxy) is 1. The maximum absolute atomic E-state index is 12.7. The van der Waals surface area contributed by atoms with Crippen LogP contribution in [-0.2, 0) is 14.8 Å². The van der Waals surface area contributed by atoms with Crippen LogP contribution in [0.4, 0.5) is 11.4 Å². The van der Waals surface area contributed by atoms with Crippen LogP contribution in [0.25, 0.3) is 6.08 Å². The number of carbonyl (C=O) groups is 1. The normalized spacial score (nSPS) is 11.5. The summed E-state index contributed by atoms with van der Waals surface area (Å²) in [5, 5.41) is 2.89. The highest BCUT2D eigenvalue weighted by Gasteiger charge is 2.16. The van der Waals surface area contributed by atoms with E-state index in [4.69, 9.17) is 4.74 Å². The van der Waals surface area contributed by atoms with Gasteiger partial charge in [-0.3, -0.25) is 9.52 Å². The number of anilines is 2. The van der Waals surface area contributed by atoms with E-state index < -0.39 is 10.0 Å². The fraction of sp³-hybridized carbons (Fsp3) is 0.160. The summed E-state index contributed by atoms with van der Waals surface area (Å²) in [5.41, 5.74) is 2.90. The molecule has 1 amide bonds. The van der Waals surface area contributed by atoms with Crippen molar-refractivity contribution in [2.24, 2.45) is 0 Å². The molecule has 166 valence electrons. The molecule has 2 N–H and O–H groups in total. The van der Waals surface area contributed by atoms with Crippen molar-refractivity contribution in [1.82, 2.24) is 0 Å². The van der Waals surface area contributed by atoms with Crippen molar-refractivity contribution in [2.75, 3.05) is 17.1 Å². The van der Waals surface area contributed by atoms with Gasteiger partial charge in [0.25, 0.3) is 10.0 Å². The first-order valence-corrected chi connectivity index (χ1v) is 11.6. The Bertz CT molecular complexity index is 1220. The van der Waals surface area contributed by atoms with Gasteiger partial charge in [-0.1, -0.05) is 56.3 Å². The third-order valence-corrected chi connectivity index (χ3v) is 6.19. The Hall–Kier alpha value is -3.58. The van der Waals surface area contributed by atoms with Gasteiger partial charge in [-0.2, -0.15) is 0 Å². The first-order valence-electron chi connectivity index (χ1n) is 10.1. The molecule has 0 aliphatic rings. The van der Waals surface area contributed by atoms with Gasteiger partial charge in [0.1, 0.15) is 5.75 Å². The van der Waals surface area contributed by atoms with Crippen molar-refractivity contribution < 1.29 is 17.9 Å². The van der Waals surface area contributed by atoms with E-state index in [1.807, 2.05) is 24.3 Å². The molecule has 0 spiro atoms. The van der Waals surface area contributed by atoms with E-state index in [0.29, 0.717) is 17.0 Å². The highest BCUT2D eigenvalue weighted by molar-refractivity contribution is 7.92. The average molecular weight is 451 g/mol. The summed E-state index contributed by atoms with van der Waals surface area (Å²) < 4.78 is 33.1. The van der Waals surface area contributed by atoms with Crippen molar-refractivity contribution in [3.05, 3.63) is 90.0 Å². The third kappa shape index (κ3) is 5.76. The second-order valence-corrected chi connectivity index (χ2v) is 9.12. The van der Waals surface area contributed by atoms with Gasteiger partial charge >= 0.3 is 0 Å². The lowest BCUT2D eigenvalue weighted by Gasteiger charge is -2.12. The van der Waals surface area contributed by atoms with E-state index in [1.165, 1.54) is 25.3 Å². The number of rotatable bonds is 8. The molecule has 0 aliphatic heterocycles. The zero-order valence-corrected chi connectivity index (χ0v) is 19.0. The Balaban J connectivity index is 1.69. The van der Waals surface area contributed by atoms with Crippen molar-refractivity contribution >= 4 is 33.4 Å². The predicted molar refractivity (Wildman–Crippen MR) is 128 cm³/mol. The van der Waals surface area contributed by atoms with E-state index in [0.717, 1.165) is 11.3 Å². The minimum Gasteiger partial charge on any atom is -0.495 e. The summed E-state index contributed by atoms with van der Waals surface area (Å²) in [7, 11) is -2.30. The topological polar surface area (TPSA) is 84.5 Å². The molecule has 0 aromatic heterocycles. The Labute approximate surface area is 189 Å². The van der Waals surface area contributed by atoms with Crippen LogP contribution in [0.1, 0.15) is 30.9 Å². The Morgan fingerprint density at radius 2 is 1.53 bits per heavy atom. The van der Waals surface area contributed by atoms with E-state index >= 15 is 0 Å². The summed E-state index contributed by atoms with van der Waals surface area (Å²) in [6.45, 7) is 4.14. The van der Waals surface area contributed by atoms with Gasteiger partial charge in [0.2, 0.25) is 5.91 Å². The number of carbonyl (C=O) groups excluding carboxylic acids is 1. The number of hydrogen-bond acceptors (Lipinski definition) is 4. The van der Waals surface area contributed by atoms with Gasteiger partial charge in [0.05, 0.1) is 17.7 Å². The Morgan fingerprint density at radius 3 is 2.19 bits per heavy atom. The SMILES string of the molecule is COc1ccccc1NS(=O)(=O)c1ccc(/C=C/C(=O)Nc2ccccc2C(C)C)cc1. The Morgan fingerprint density at radius 1 is 0.906 bits per heavy atom. The van der Waals surface area contributed by atoms with E-state index in [1.54, 1.807) is 42.5 Å². The zero-order valence-electron chi connectivity index (χ0n) is 18.2. The fourth-order valence-electron chi connectivity index (χ4n) is 3.15. The van der Waals surface area contributed by atoms with Crippen molar-refractivity contribution in [1.29, 1.82) is 0 Å². The molecule has 0 saturated heterocycles. The number of amides is 1. The van der Waals surface area contributed by atoms with Crippen molar-refractivity contribution in [3.63, 3.8) is 0 Å². The quantitative estimate of drug-likeness (QED) is 0.458. The highest BCUT2D eigenvalue weighted by Crippen LogP contribution is 2.26. The number of methoxy groups -OCH3 is 1. The Kier molecular flexibility index (Phi) is 7.33. The smallest absolute Gasteiger partial charge is 0.262 e. The first-order chi connectivity index (χ1) is 15.3. The molecule has 0 bridgehead atoms. The second kappa shape index (κ2) is 10.2. The van der Waals surface area contributed by atoms with Crippen LogP contribution >= 0.6 is 0 Å². The lowest BCUT2D eigenvalue weighted by Crippen LogP contribution is -2.13. The van der Waals surface area contributed by atoms with E-state index in [9.17, 15) is 13.2 Å². The molecule has 32 heavy (non-hydrogen) atoms. The fourth-order valence-corrected chi connectivity index (χ4v) is 4.22. The number of para-hydroxylation sites is 3. The van der Waals surface area contributed by atoms with Crippen LogP contribution in [-0.4, -0.2) is 21.4 Å². The number of sulfonamides is 1. The van der Waals surface area contributed by atoms with Gasteiger partial charge in [0, 0.05) is 11.8 Å². The van der Waals surface area contributed by atoms with Gasteiger partial charge < -0.3 is 10.1 Å². The molecule has 0 aliphatic carbocycles. The molecule has 0 radical (unpaired) electrons. The van der Waals surface area contributed by atoms with Crippen LogP contribution in [0.2, 0.25) is 0 Å². The molecule has 6 nitrogen and oxygen atoms in total. The lowest BCUT2D eigenvalue weighted by molar-refractivity contribution is -0.111. The highest BCUT2D eigenvalue weighted by atomic mass is 32.2. The summed E-state index contributed by atoms with van der Waals surface area (Å²) >= 11 is 0. The maximum atomic E-state index is 12.7. The van der Waals surface area contributed by atoms with Gasteiger partial charge in [0.15, 0.2) is 0 Å². The lowest BCUT2D eigenvalue weighted by atomic mass is 10.0. The number of nitrogens with one attached hydrogen (secondary N) is 2. The van der Waals surface area contributed by atoms with Crippen LogP contribution in [0.3, 0.4) is 0 Å². The molecular formula is C25H26N2O4S. The zero-order chi connectivity index (χ0) is 23.1. The molecule has 7 heteroatoms. The van der Waals surface area contributed by atoms with Crippen LogP contribution < -0.4 is 14.8 Å². The molecular weight excluding hydrogens is 424 g/mol. The van der Waals surface area contributed by atoms with Crippen molar-refractivity contribution in [3.8, 4) is 5.75 Å². The molecule has 3 rings (SSSR count). The minimum absolute atomic E-state index is 0.107. The summed E-state index contributed by atoms with van der Waals surface area (Å²) in [4.78, 5) is 12.4. The maximum Gasteiger partial charge on any atom is 0.262 e. The molecule has 3 aromatic carbocycles. The number of hydrogen-bond donors (Lipinski definition) is 2. The molecule has 0 atom stereocenters. The van der Waals surface area contributed by atoms with E-state index in [-0.39, 0.29) is 16.7 Å². The monoisotopic (exact) mass is 450 g/mol. The molecule has 0 saturated carbocycles. The van der Waals surface area contributed by atoms with Gasteiger partial charge in [-0.15, -0.1) is 0 Å². The van der Waals surface area contributed by atoms with Crippen LogP contribution in [0.15, 0.2) is 83.8 Å². The first kappa shape index (κ1) is 23.1. The predicted octanol–water partition coefficient (Wildman–Crippen LogP) is 5.27. The van der Waals surface area contributed by atoms with Crippen LogP contribution in [0.5, 0.6) is 5.75 Å². The minimum atomic E-state index is -3.78. The van der Waals surface area contributed by atoms with Crippen LogP contribution in [0, 0.1) is 0 Å². The third-order valence-electron chi connectivity index (χ3n) is 4.81. The van der Waals surface area contributed by atoms with Crippen molar-refractivity contribution in [2.45, 2.75) is 24.7 Å². The molecule has 0 heterocycles. The average Bonchev–Trinajstić information content (AvgIpc) is 2.78. The molecule has 3 aromatic rings. The van der Waals surface area contributed by atoms with E-state index in [2.05, 4.69) is 23.9 Å².